The van der Waals surface area contributed by atoms with Gasteiger partial charge in [-0.2, -0.15) is 0 Å². The minimum atomic E-state index is -0.921. The summed E-state index contributed by atoms with van der Waals surface area (Å²) in [6.07, 6.45) is 1.71. The molecule has 1 N–H and O–H groups in total. The number of hydrogen-bond acceptors (Lipinski definition) is 3. The van der Waals surface area contributed by atoms with Crippen LogP contribution in [-0.2, 0) is 20.9 Å². The quantitative estimate of drug-likeness (QED) is 0.741. The van der Waals surface area contributed by atoms with Crippen LogP contribution in [0.5, 0.6) is 0 Å². The number of carbonyl (C=O) groups is 2. The molecule has 0 aliphatic carbocycles. The summed E-state index contributed by atoms with van der Waals surface area (Å²) in [6, 6.07) is 9.38. The summed E-state index contributed by atoms with van der Waals surface area (Å²) in [5.74, 6) is -2.57. The summed E-state index contributed by atoms with van der Waals surface area (Å²) >= 11 is 0. The van der Waals surface area contributed by atoms with E-state index in [2.05, 4.69) is 0 Å². The fourth-order valence-electron chi connectivity index (χ4n) is 2.26. The van der Waals surface area contributed by atoms with Crippen molar-refractivity contribution in [3.05, 3.63) is 35.9 Å². The van der Waals surface area contributed by atoms with Gasteiger partial charge in [0, 0.05) is 0 Å². The topological polar surface area (TPSA) is 63.6 Å². The Morgan fingerprint density at radius 1 is 1.15 bits per heavy atom. The van der Waals surface area contributed by atoms with Gasteiger partial charge in [-0.1, -0.05) is 50.6 Å². The Kier molecular flexibility index (Phi) is 6.77. The minimum absolute atomic E-state index is 0.189. The van der Waals surface area contributed by atoms with Gasteiger partial charge in [0.25, 0.3) is 0 Å². The maximum Gasteiger partial charge on any atom is 0.310 e. The Hall–Kier alpha value is -1.84. The molecule has 0 spiro atoms. The van der Waals surface area contributed by atoms with E-state index in [4.69, 9.17) is 4.74 Å². The lowest BCUT2D eigenvalue weighted by Crippen LogP contribution is -2.30. The molecular formula is C16H22O4. The maximum absolute atomic E-state index is 12.1. The van der Waals surface area contributed by atoms with E-state index in [0.29, 0.717) is 12.8 Å². The van der Waals surface area contributed by atoms with Gasteiger partial charge < -0.3 is 9.84 Å². The van der Waals surface area contributed by atoms with Crippen LogP contribution in [0.15, 0.2) is 30.3 Å². The van der Waals surface area contributed by atoms with Crippen LogP contribution in [0.2, 0.25) is 0 Å². The van der Waals surface area contributed by atoms with E-state index in [-0.39, 0.29) is 6.61 Å². The molecule has 0 aliphatic rings. The van der Waals surface area contributed by atoms with Gasteiger partial charge in [-0.25, -0.2) is 0 Å². The number of benzene rings is 1. The number of aliphatic carboxylic acids is 1. The molecule has 0 radical (unpaired) electrons. The SMILES string of the molecule is CCCC(C(=O)O)[C@@H](CC)C(=O)OCc1ccccc1. The zero-order chi connectivity index (χ0) is 15.0. The average molecular weight is 278 g/mol. The van der Waals surface area contributed by atoms with Crippen LogP contribution in [0.4, 0.5) is 0 Å². The summed E-state index contributed by atoms with van der Waals surface area (Å²) in [6.45, 7) is 3.92. The predicted molar refractivity (Wildman–Crippen MR) is 76.1 cm³/mol. The summed E-state index contributed by atoms with van der Waals surface area (Å²) in [5.41, 5.74) is 0.901. The van der Waals surface area contributed by atoms with Crippen LogP contribution in [0, 0.1) is 11.8 Å². The van der Waals surface area contributed by atoms with Gasteiger partial charge >= 0.3 is 11.9 Å². The minimum Gasteiger partial charge on any atom is -0.481 e. The van der Waals surface area contributed by atoms with Gasteiger partial charge in [-0.05, 0) is 18.4 Å². The Morgan fingerprint density at radius 3 is 2.30 bits per heavy atom. The molecule has 1 aromatic rings. The molecule has 0 bridgehead atoms. The molecule has 0 heterocycles. The largest absolute Gasteiger partial charge is 0.481 e. The first-order chi connectivity index (χ1) is 9.60. The van der Waals surface area contributed by atoms with Gasteiger partial charge in [0.15, 0.2) is 0 Å². The lowest BCUT2D eigenvalue weighted by atomic mass is 9.86. The molecule has 0 saturated heterocycles. The third-order valence-corrected chi connectivity index (χ3v) is 3.37. The van der Waals surface area contributed by atoms with E-state index in [1.165, 1.54) is 0 Å². The summed E-state index contributed by atoms with van der Waals surface area (Å²) in [7, 11) is 0. The second kappa shape index (κ2) is 8.35. The fraction of sp³-hybridized carbons (Fsp3) is 0.500. The van der Waals surface area contributed by atoms with Crippen molar-refractivity contribution >= 4 is 11.9 Å². The van der Waals surface area contributed by atoms with Crippen molar-refractivity contribution in [1.29, 1.82) is 0 Å². The third-order valence-electron chi connectivity index (χ3n) is 3.37. The van der Waals surface area contributed by atoms with Gasteiger partial charge in [0.2, 0.25) is 0 Å². The molecule has 1 unspecified atom stereocenters. The molecule has 1 aromatic carbocycles. The monoisotopic (exact) mass is 278 g/mol. The fourth-order valence-corrected chi connectivity index (χ4v) is 2.26. The zero-order valence-corrected chi connectivity index (χ0v) is 12.0. The Bertz CT molecular complexity index is 427. The van der Waals surface area contributed by atoms with Crippen molar-refractivity contribution in [3.8, 4) is 0 Å². The van der Waals surface area contributed by atoms with E-state index in [0.717, 1.165) is 12.0 Å². The van der Waals surface area contributed by atoms with Crippen molar-refractivity contribution < 1.29 is 19.4 Å². The van der Waals surface area contributed by atoms with E-state index < -0.39 is 23.8 Å². The highest BCUT2D eigenvalue weighted by Crippen LogP contribution is 2.23. The number of carbonyl (C=O) groups excluding carboxylic acids is 1. The number of ether oxygens (including phenoxy) is 1. The highest BCUT2D eigenvalue weighted by molar-refractivity contribution is 5.81. The average Bonchev–Trinajstić information content (AvgIpc) is 2.46. The van der Waals surface area contributed by atoms with Gasteiger partial charge in [0.05, 0.1) is 11.8 Å². The van der Waals surface area contributed by atoms with Crippen LogP contribution >= 0.6 is 0 Å². The summed E-state index contributed by atoms with van der Waals surface area (Å²) < 4.78 is 5.26. The zero-order valence-electron chi connectivity index (χ0n) is 12.0. The lowest BCUT2D eigenvalue weighted by molar-refractivity contribution is -0.159. The standard InChI is InChI=1S/C16H22O4/c1-3-8-14(15(17)18)13(4-2)16(19)20-11-12-9-6-5-7-10-12/h5-7,9-10,13-14H,3-4,8,11H2,1-2H3,(H,17,18)/t13-,14?/m1/s1. The normalized spacial score (nSPS) is 13.5. The smallest absolute Gasteiger partial charge is 0.310 e. The third kappa shape index (κ3) is 4.68. The Morgan fingerprint density at radius 2 is 1.80 bits per heavy atom. The van der Waals surface area contributed by atoms with E-state index in [1.807, 2.05) is 44.2 Å². The molecule has 110 valence electrons. The molecule has 1 rings (SSSR count). The first-order valence-electron chi connectivity index (χ1n) is 7.03. The van der Waals surface area contributed by atoms with Crippen molar-refractivity contribution in [2.24, 2.45) is 11.8 Å². The molecule has 0 fully saturated rings. The second-order valence-electron chi connectivity index (χ2n) is 4.84. The first-order valence-corrected chi connectivity index (χ1v) is 7.03. The molecule has 0 amide bonds. The summed E-state index contributed by atoms with van der Waals surface area (Å²) in [5, 5.41) is 9.23. The molecule has 20 heavy (non-hydrogen) atoms. The van der Waals surface area contributed by atoms with Crippen molar-refractivity contribution in [2.45, 2.75) is 39.7 Å². The number of esters is 1. The maximum atomic E-state index is 12.1. The number of carboxylic acids is 1. The summed E-state index contributed by atoms with van der Waals surface area (Å²) in [4.78, 5) is 23.3. The molecule has 4 heteroatoms. The van der Waals surface area contributed by atoms with Crippen LogP contribution in [0.1, 0.15) is 38.7 Å². The van der Waals surface area contributed by atoms with Gasteiger partial charge in [-0.15, -0.1) is 0 Å². The van der Waals surface area contributed by atoms with E-state index >= 15 is 0 Å². The van der Waals surface area contributed by atoms with Crippen LogP contribution in [0.3, 0.4) is 0 Å². The van der Waals surface area contributed by atoms with Crippen molar-refractivity contribution in [3.63, 3.8) is 0 Å². The lowest BCUT2D eigenvalue weighted by Gasteiger charge is -2.20. The Labute approximate surface area is 119 Å². The van der Waals surface area contributed by atoms with E-state index in [1.54, 1.807) is 0 Å². The van der Waals surface area contributed by atoms with Crippen LogP contribution in [-0.4, -0.2) is 17.0 Å². The molecule has 4 nitrogen and oxygen atoms in total. The molecule has 0 aromatic heterocycles. The highest BCUT2D eigenvalue weighted by Gasteiger charge is 2.32. The molecule has 0 aliphatic heterocycles. The number of rotatable bonds is 8. The molecular weight excluding hydrogens is 256 g/mol. The predicted octanol–water partition coefficient (Wildman–Crippen LogP) is 3.26. The molecule has 0 saturated carbocycles. The highest BCUT2D eigenvalue weighted by atomic mass is 16.5. The number of carboxylic acid groups (broad SMARTS) is 1. The first kappa shape index (κ1) is 16.2. The van der Waals surface area contributed by atoms with Crippen molar-refractivity contribution in [2.75, 3.05) is 0 Å². The van der Waals surface area contributed by atoms with Crippen molar-refractivity contribution in [1.82, 2.24) is 0 Å². The van der Waals surface area contributed by atoms with Gasteiger partial charge in [-0.3, -0.25) is 9.59 Å². The second-order valence-corrected chi connectivity index (χ2v) is 4.84. The van der Waals surface area contributed by atoms with Gasteiger partial charge in [0.1, 0.15) is 6.61 Å². The Balaban J connectivity index is 2.64. The number of hydrogen-bond donors (Lipinski definition) is 1. The van der Waals surface area contributed by atoms with Crippen LogP contribution < -0.4 is 0 Å². The molecule has 2 atom stereocenters. The van der Waals surface area contributed by atoms with Crippen LogP contribution in [0.25, 0.3) is 0 Å². The van der Waals surface area contributed by atoms with E-state index in [9.17, 15) is 14.7 Å².